The Balaban J connectivity index is 1.73. The molecule has 1 heterocycles. The van der Waals surface area contributed by atoms with Crippen LogP contribution in [0.5, 0.6) is 0 Å². The Kier molecular flexibility index (Phi) is 10.3. The zero-order valence-electron chi connectivity index (χ0n) is 23.9. The summed E-state index contributed by atoms with van der Waals surface area (Å²) >= 11 is 0. The van der Waals surface area contributed by atoms with E-state index in [1.54, 1.807) is 54.6 Å². The van der Waals surface area contributed by atoms with E-state index in [0.717, 1.165) is 5.56 Å². The van der Waals surface area contributed by atoms with E-state index in [9.17, 15) is 36.2 Å². The highest BCUT2D eigenvalue weighted by Crippen LogP contribution is 2.44. The van der Waals surface area contributed by atoms with E-state index < -0.39 is 53.3 Å². The Bertz CT molecular complexity index is 1350. The fourth-order valence-electron chi connectivity index (χ4n) is 5.63. The number of alkyl halides is 6. The Morgan fingerprint density at radius 3 is 2.09 bits per heavy atom. The first-order chi connectivity index (χ1) is 20.8. The Morgan fingerprint density at radius 1 is 0.977 bits per heavy atom. The Hall–Kier alpha value is -3.61. The van der Waals surface area contributed by atoms with Crippen molar-refractivity contribution in [3.63, 3.8) is 0 Å². The molecule has 0 aromatic heterocycles. The molecule has 3 aromatic rings. The highest BCUT2D eigenvalue weighted by atomic mass is 19.4. The van der Waals surface area contributed by atoms with Crippen LogP contribution in [-0.4, -0.2) is 41.4 Å². The number of rotatable bonds is 9. The van der Waals surface area contributed by atoms with Crippen LogP contribution in [0.4, 0.5) is 31.1 Å². The lowest BCUT2D eigenvalue weighted by atomic mass is 9.76. The molecular formula is C32H34F6N2O4. The average Bonchev–Trinajstić information content (AvgIpc) is 3.00. The van der Waals surface area contributed by atoms with Gasteiger partial charge in [0.1, 0.15) is 6.61 Å². The van der Waals surface area contributed by atoms with Gasteiger partial charge in [-0.1, -0.05) is 60.7 Å². The standard InChI is InChI=1S/C32H34F6N2O4/c1-21(23-16-25(31(33,34)35)18-26(17-23)32(36,37)38)44-20-30(24-10-6-3-7-11-24)14-12-27(39)28(13-15-41)40(30)29(42)43-19-22-8-4-2-5-9-22/h2-11,16-18,21,27-28,41H,12-15,19-20,39H2,1H3/t21-,27+,28+,30-/m1/s1. The van der Waals surface area contributed by atoms with Crippen LogP contribution in [0.15, 0.2) is 78.9 Å². The van der Waals surface area contributed by atoms with Crippen molar-refractivity contribution in [1.82, 2.24) is 4.90 Å². The minimum atomic E-state index is -5.02. The summed E-state index contributed by atoms with van der Waals surface area (Å²) in [5, 5.41) is 9.89. The van der Waals surface area contributed by atoms with Gasteiger partial charge in [-0.25, -0.2) is 4.79 Å². The summed E-state index contributed by atoms with van der Waals surface area (Å²) in [6.07, 6.45) is -11.3. The minimum absolute atomic E-state index is 0.0637. The first-order valence-corrected chi connectivity index (χ1v) is 14.1. The van der Waals surface area contributed by atoms with Crippen molar-refractivity contribution in [2.45, 2.75) is 68.9 Å². The number of nitrogens with zero attached hydrogens (tertiary/aromatic N) is 1. The Labute approximate surface area is 251 Å². The Morgan fingerprint density at radius 2 is 1.55 bits per heavy atom. The molecule has 3 aromatic carbocycles. The lowest BCUT2D eigenvalue weighted by molar-refractivity contribution is -0.143. The topological polar surface area (TPSA) is 85.0 Å². The number of aliphatic hydroxyl groups is 1. The van der Waals surface area contributed by atoms with E-state index >= 15 is 0 Å². The number of hydrogen-bond acceptors (Lipinski definition) is 5. The molecule has 44 heavy (non-hydrogen) atoms. The molecule has 3 N–H and O–H groups in total. The van der Waals surface area contributed by atoms with E-state index in [0.29, 0.717) is 24.1 Å². The monoisotopic (exact) mass is 624 g/mol. The summed E-state index contributed by atoms with van der Waals surface area (Å²) in [6, 6.07) is 17.8. The van der Waals surface area contributed by atoms with Gasteiger partial charge in [-0.05, 0) is 61.1 Å². The third-order valence-corrected chi connectivity index (χ3v) is 7.97. The fraction of sp³-hybridized carbons (Fsp3) is 0.406. The maximum absolute atomic E-state index is 13.9. The summed E-state index contributed by atoms with van der Waals surface area (Å²) in [5.74, 6) is 0. The summed E-state index contributed by atoms with van der Waals surface area (Å²) in [5.41, 5.74) is 3.28. The second kappa shape index (κ2) is 13.6. The number of benzene rings is 3. The van der Waals surface area contributed by atoms with Crippen LogP contribution >= 0.6 is 0 Å². The van der Waals surface area contributed by atoms with Gasteiger partial charge in [0.15, 0.2) is 0 Å². The number of likely N-dealkylation sites (tertiary alicyclic amines) is 1. The number of piperidine rings is 1. The third-order valence-electron chi connectivity index (χ3n) is 7.97. The number of hydrogen-bond donors (Lipinski definition) is 2. The molecule has 0 bridgehead atoms. The van der Waals surface area contributed by atoms with Crippen LogP contribution < -0.4 is 5.73 Å². The van der Waals surface area contributed by atoms with E-state index in [4.69, 9.17) is 15.2 Å². The number of halogens is 6. The number of carbonyl (C=O) groups is 1. The zero-order valence-corrected chi connectivity index (χ0v) is 23.9. The zero-order chi connectivity index (χ0) is 32.1. The first kappa shape index (κ1) is 33.3. The van der Waals surface area contributed by atoms with Gasteiger partial charge in [0, 0.05) is 12.6 Å². The van der Waals surface area contributed by atoms with Crippen molar-refractivity contribution >= 4 is 6.09 Å². The van der Waals surface area contributed by atoms with Crippen LogP contribution in [0, 0.1) is 0 Å². The molecule has 12 heteroatoms. The van der Waals surface area contributed by atoms with Gasteiger partial charge < -0.3 is 20.3 Å². The van der Waals surface area contributed by atoms with Gasteiger partial charge in [-0.3, -0.25) is 4.90 Å². The number of nitrogens with two attached hydrogens (primary N) is 1. The first-order valence-electron chi connectivity index (χ1n) is 14.1. The predicted octanol–water partition coefficient (Wildman–Crippen LogP) is 7.21. The van der Waals surface area contributed by atoms with Crippen LogP contribution in [-0.2, 0) is 34.0 Å². The molecule has 1 aliphatic heterocycles. The molecule has 0 aliphatic carbocycles. The van der Waals surface area contributed by atoms with Crippen molar-refractivity contribution < 1.29 is 45.7 Å². The van der Waals surface area contributed by atoms with Crippen molar-refractivity contribution in [3.05, 3.63) is 107 Å². The number of amides is 1. The normalized spacial score (nSPS) is 21.6. The van der Waals surface area contributed by atoms with Crippen LogP contribution in [0.3, 0.4) is 0 Å². The van der Waals surface area contributed by atoms with Crippen LogP contribution in [0.2, 0.25) is 0 Å². The van der Waals surface area contributed by atoms with E-state index in [1.807, 2.05) is 6.07 Å². The van der Waals surface area contributed by atoms with Gasteiger partial charge in [-0.15, -0.1) is 0 Å². The third kappa shape index (κ3) is 7.54. The molecule has 0 saturated carbocycles. The molecule has 6 nitrogen and oxygen atoms in total. The molecule has 4 atom stereocenters. The molecule has 0 spiro atoms. The fourth-order valence-corrected chi connectivity index (χ4v) is 5.63. The van der Waals surface area contributed by atoms with E-state index in [1.165, 1.54) is 11.8 Å². The number of aliphatic hydroxyl groups excluding tert-OH is 1. The van der Waals surface area contributed by atoms with Crippen molar-refractivity contribution in [2.75, 3.05) is 13.2 Å². The maximum Gasteiger partial charge on any atom is 0.416 e. The van der Waals surface area contributed by atoms with E-state index in [-0.39, 0.29) is 44.3 Å². The van der Waals surface area contributed by atoms with Gasteiger partial charge >= 0.3 is 18.4 Å². The van der Waals surface area contributed by atoms with Crippen LogP contribution in [0.25, 0.3) is 0 Å². The maximum atomic E-state index is 13.9. The van der Waals surface area contributed by atoms with Gasteiger partial charge in [-0.2, -0.15) is 26.3 Å². The minimum Gasteiger partial charge on any atom is -0.445 e. The number of ether oxygens (including phenoxy) is 2. The molecule has 1 saturated heterocycles. The summed E-state index contributed by atoms with van der Waals surface area (Å²) < 4.78 is 93.1. The summed E-state index contributed by atoms with van der Waals surface area (Å²) in [4.78, 5) is 15.3. The van der Waals surface area contributed by atoms with Gasteiger partial charge in [0.05, 0.1) is 35.4 Å². The second-order valence-electron chi connectivity index (χ2n) is 10.9. The quantitative estimate of drug-likeness (QED) is 0.246. The smallest absolute Gasteiger partial charge is 0.416 e. The molecular weight excluding hydrogens is 590 g/mol. The lowest BCUT2D eigenvalue weighted by Crippen LogP contribution is -2.65. The molecule has 4 rings (SSSR count). The van der Waals surface area contributed by atoms with Gasteiger partial charge in [0.25, 0.3) is 0 Å². The second-order valence-corrected chi connectivity index (χ2v) is 10.9. The predicted molar refractivity (Wildman–Crippen MR) is 150 cm³/mol. The lowest BCUT2D eigenvalue weighted by Gasteiger charge is -2.53. The molecule has 1 aliphatic rings. The molecule has 1 amide bonds. The van der Waals surface area contributed by atoms with Gasteiger partial charge in [0.2, 0.25) is 0 Å². The molecule has 0 radical (unpaired) electrons. The average molecular weight is 625 g/mol. The van der Waals surface area contributed by atoms with Crippen molar-refractivity contribution in [3.8, 4) is 0 Å². The SMILES string of the molecule is C[C@@H](OC[C@@]1(c2ccccc2)CC[C@H](N)[C@H](CCO)N1C(=O)OCc1ccccc1)c1cc(C(F)(F)F)cc(C(F)(F)F)c1. The molecule has 1 fully saturated rings. The highest BCUT2D eigenvalue weighted by molar-refractivity contribution is 5.70. The highest BCUT2D eigenvalue weighted by Gasteiger charge is 2.51. The van der Waals surface area contributed by atoms with E-state index in [2.05, 4.69) is 0 Å². The largest absolute Gasteiger partial charge is 0.445 e. The summed E-state index contributed by atoms with van der Waals surface area (Å²) in [6.45, 7) is 0.689. The molecule has 238 valence electrons. The summed E-state index contributed by atoms with van der Waals surface area (Å²) in [7, 11) is 0. The number of carbonyl (C=O) groups excluding carboxylic acids is 1. The molecule has 0 unspecified atom stereocenters. The van der Waals surface area contributed by atoms with Crippen LogP contribution in [0.1, 0.15) is 60.1 Å². The van der Waals surface area contributed by atoms with Crippen molar-refractivity contribution in [2.24, 2.45) is 5.73 Å². The van der Waals surface area contributed by atoms with Crippen molar-refractivity contribution in [1.29, 1.82) is 0 Å².